The lowest BCUT2D eigenvalue weighted by Gasteiger charge is -2.25. The van der Waals surface area contributed by atoms with Gasteiger partial charge in [0.2, 0.25) is 0 Å². The van der Waals surface area contributed by atoms with Crippen molar-refractivity contribution in [1.29, 1.82) is 0 Å². The molecule has 0 spiro atoms. The molecular weight excluding hydrogens is 302 g/mol. The van der Waals surface area contributed by atoms with Crippen LogP contribution in [0.5, 0.6) is 0 Å². The van der Waals surface area contributed by atoms with Crippen LogP contribution in [0, 0.1) is 0 Å². The van der Waals surface area contributed by atoms with Crippen LogP contribution in [0.2, 0.25) is 0 Å². The van der Waals surface area contributed by atoms with Gasteiger partial charge in [-0.3, -0.25) is 4.90 Å². The summed E-state index contributed by atoms with van der Waals surface area (Å²) in [4.78, 5) is 2.54. The Kier molecular flexibility index (Phi) is 6.47. The molecule has 0 saturated heterocycles. The van der Waals surface area contributed by atoms with Gasteiger partial charge in [-0.15, -0.1) is 0 Å². The molecule has 0 radical (unpaired) electrons. The second-order valence-corrected chi connectivity index (χ2v) is 7.50. The Morgan fingerprint density at radius 1 is 0.920 bits per heavy atom. The van der Waals surface area contributed by atoms with Crippen molar-refractivity contribution in [3.8, 4) is 0 Å². The maximum absolute atomic E-state index is 2.54. The van der Waals surface area contributed by atoms with Gasteiger partial charge in [0.1, 0.15) is 0 Å². The van der Waals surface area contributed by atoms with Crippen LogP contribution < -0.4 is 0 Å². The summed E-state index contributed by atoms with van der Waals surface area (Å²) in [6.07, 6.45) is 11.1. The molecule has 25 heavy (non-hydrogen) atoms. The van der Waals surface area contributed by atoms with Gasteiger partial charge in [-0.05, 0) is 61.8 Å². The van der Waals surface area contributed by atoms with Crippen molar-refractivity contribution in [2.75, 3.05) is 6.54 Å². The smallest absolute Gasteiger partial charge is 0.0239 e. The van der Waals surface area contributed by atoms with Gasteiger partial charge in [0.15, 0.2) is 0 Å². The highest BCUT2D eigenvalue weighted by Gasteiger charge is 2.12. The highest BCUT2D eigenvalue weighted by molar-refractivity contribution is 5.48. The molecule has 0 fully saturated rings. The summed E-state index contributed by atoms with van der Waals surface area (Å²) in [5, 5.41) is 0. The van der Waals surface area contributed by atoms with Crippen LogP contribution in [-0.2, 0) is 19.4 Å². The second-order valence-electron chi connectivity index (χ2n) is 7.50. The van der Waals surface area contributed by atoms with E-state index >= 15 is 0 Å². The van der Waals surface area contributed by atoms with Crippen molar-refractivity contribution in [3.63, 3.8) is 0 Å². The van der Waals surface area contributed by atoms with Gasteiger partial charge >= 0.3 is 0 Å². The lowest BCUT2D eigenvalue weighted by Crippen LogP contribution is -2.30. The Hall–Kier alpha value is -1.86. The van der Waals surface area contributed by atoms with Crippen LogP contribution >= 0.6 is 0 Å². The number of fused-ring (bicyclic) bond motifs is 1. The van der Waals surface area contributed by atoms with Gasteiger partial charge < -0.3 is 0 Å². The third-order valence-corrected chi connectivity index (χ3v) is 5.23. The van der Waals surface area contributed by atoms with Crippen LogP contribution in [0.1, 0.15) is 55.4 Å². The maximum atomic E-state index is 2.54. The number of rotatable bonds is 6. The van der Waals surface area contributed by atoms with Gasteiger partial charge in [-0.1, -0.05) is 67.1 Å². The number of benzene rings is 2. The van der Waals surface area contributed by atoms with E-state index in [1.54, 1.807) is 11.1 Å². The van der Waals surface area contributed by atoms with Crippen molar-refractivity contribution in [3.05, 3.63) is 76.9 Å². The zero-order chi connectivity index (χ0) is 17.5. The van der Waals surface area contributed by atoms with Crippen molar-refractivity contribution < 1.29 is 0 Å². The first kappa shape index (κ1) is 17.9. The molecule has 0 atom stereocenters. The molecule has 0 amide bonds. The largest absolute Gasteiger partial charge is 0.293 e. The molecule has 0 unspecified atom stereocenters. The van der Waals surface area contributed by atoms with E-state index in [2.05, 4.69) is 79.4 Å². The second kappa shape index (κ2) is 9.01. The number of hydrogen-bond donors (Lipinski definition) is 0. The topological polar surface area (TPSA) is 3.24 Å². The van der Waals surface area contributed by atoms with E-state index in [9.17, 15) is 0 Å². The molecule has 2 aromatic carbocycles. The fourth-order valence-electron chi connectivity index (χ4n) is 3.64. The average molecular weight is 334 g/mol. The van der Waals surface area contributed by atoms with Crippen LogP contribution in [-0.4, -0.2) is 17.5 Å². The fraction of sp³-hybridized carbons (Fsp3) is 0.417. The standard InChI is InChI=1S/C24H31N/c1-20(2)25(17-9-12-21-10-5-3-6-11-21)19-22-15-16-23-13-7-4-8-14-24(23)18-22/h3,5-6,9-12,15-16,18,20H,4,7-8,13-14,17,19H2,1-2H3. The molecule has 0 heterocycles. The molecule has 0 aromatic heterocycles. The third kappa shape index (κ3) is 5.31. The summed E-state index contributed by atoms with van der Waals surface area (Å²) >= 11 is 0. The average Bonchev–Trinajstić information content (AvgIpc) is 2.86. The summed E-state index contributed by atoms with van der Waals surface area (Å²) < 4.78 is 0. The molecule has 0 bridgehead atoms. The molecule has 1 nitrogen and oxygen atoms in total. The molecule has 0 aliphatic heterocycles. The predicted octanol–water partition coefficient (Wildman–Crippen LogP) is 5.88. The van der Waals surface area contributed by atoms with E-state index in [0.29, 0.717) is 6.04 Å². The molecule has 132 valence electrons. The zero-order valence-corrected chi connectivity index (χ0v) is 15.7. The lowest BCUT2D eigenvalue weighted by molar-refractivity contribution is 0.237. The summed E-state index contributed by atoms with van der Waals surface area (Å²) in [6.45, 7) is 6.60. The maximum Gasteiger partial charge on any atom is 0.0239 e. The minimum Gasteiger partial charge on any atom is -0.293 e. The van der Waals surface area contributed by atoms with E-state index in [1.165, 1.54) is 43.2 Å². The lowest BCUT2D eigenvalue weighted by atomic mass is 9.99. The Morgan fingerprint density at radius 3 is 2.44 bits per heavy atom. The molecule has 1 heteroatoms. The van der Waals surface area contributed by atoms with Crippen molar-refractivity contribution in [2.45, 2.75) is 58.5 Å². The summed E-state index contributed by atoms with van der Waals surface area (Å²) in [7, 11) is 0. The first-order valence-electron chi connectivity index (χ1n) is 9.78. The van der Waals surface area contributed by atoms with E-state index < -0.39 is 0 Å². The number of nitrogens with zero attached hydrogens (tertiary/aromatic N) is 1. The van der Waals surface area contributed by atoms with Gasteiger partial charge in [0.05, 0.1) is 0 Å². The molecule has 0 saturated carbocycles. The summed E-state index contributed by atoms with van der Waals surface area (Å²) in [6, 6.07) is 18.3. The van der Waals surface area contributed by atoms with Gasteiger partial charge in [-0.25, -0.2) is 0 Å². The SMILES string of the molecule is CC(C)N(CC=Cc1ccccc1)Cc1ccc2c(c1)CCCCC2. The molecular formula is C24H31N. The quantitative estimate of drug-likeness (QED) is 0.597. The Morgan fingerprint density at radius 2 is 1.68 bits per heavy atom. The predicted molar refractivity (Wildman–Crippen MR) is 109 cm³/mol. The normalized spacial score (nSPS) is 14.9. The first-order chi connectivity index (χ1) is 12.2. The Labute approximate surface area is 153 Å². The van der Waals surface area contributed by atoms with Crippen molar-refractivity contribution in [2.24, 2.45) is 0 Å². The molecule has 2 aromatic rings. The fourth-order valence-corrected chi connectivity index (χ4v) is 3.64. The van der Waals surface area contributed by atoms with Crippen molar-refractivity contribution in [1.82, 2.24) is 4.90 Å². The van der Waals surface area contributed by atoms with Crippen LogP contribution in [0.25, 0.3) is 6.08 Å². The van der Waals surface area contributed by atoms with Crippen LogP contribution in [0.15, 0.2) is 54.6 Å². The third-order valence-electron chi connectivity index (χ3n) is 5.23. The minimum absolute atomic E-state index is 0.541. The Bertz CT molecular complexity index is 684. The highest BCUT2D eigenvalue weighted by atomic mass is 15.1. The van der Waals surface area contributed by atoms with Crippen LogP contribution in [0.4, 0.5) is 0 Å². The Balaban J connectivity index is 1.65. The van der Waals surface area contributed by atoms with E-state index in [0.717, 1.165) is 13.1 Å². The minimum atomic E-state index is 0.541. The highest BCUT2D eigenvalue weighted by Crippen LogP contribution is 2.22. The summed E-state index contributed by atoms with van der Waals surface area (Å²) in [5.41, 5.74) is 5.92. The van der Waals surface area contributed by atoms with Gasteiger partial charge in [0.25, 0.3) is 0 Å². The monoisotopic (exact) mass is 333 g/mol. The molecule has 0 N–H and O–H groups in total. The first-order valence-corrected chi connectivity index (χ1v) is 9.78. The number of aryl methyl sites for hydroxylation is 2. The molecule has 1 aliphatic carbocycles. The molecule has 3 rings (SSSR count). The van der Waals surface area contributed by atoms with Gasteiger partial charge in [0, 0.05) is 19.1 Å². The number of hydrogen-bond acceptors (Lipinski definition) is 1. The van der Waals surface area contributed by atoms with Gasteiger partial charge in [-0.2, -0.15) is 0 Å². The zero-order valence-electron chi connectivity index (χ0n) is 15.7. The van der Waals surface area contributed by atoms with E-state index in [1.807, 2.05) is 0 Å². The molecule has 1 aliphatic rings. The summed E-state index contributed by atoms with van der Waals surface area (Å²) in [5.74, 6) is 0. The van der Waals surface area contributed by atoms with E-state index in [-0.39, 0.29) is 0 Å². The van der Waals surface area contributed by atoms with Crippen molar-refractivity contribution >= 4 is 6.08 Å². The van der Waals surface area contributed by atoms with Crippen LogP contribution in [0.3, 0.4) is 0 Å². The van der Waals surface area contributed by atoms with E-state index in [4.69, 9.17) is 0 Å².